The molecule has 4 nitrogen and oxygen atoms in total. The second-order valence-corrected chi connectivity index (χ2v) is 11.1. The number of piperidine rings is 1. The lowest BCUT2D eigenvalue weighted by Crippen LogP contribution is -2.36. The normalized spacial score (nSPS) is 19.1. The lowest BCUT2D eigenvalue weighted by molar-refractivity contribution is 0.325. The van der Waals surface area contributed by atoms with Gasteiger partial charge < -0.3 is 9.80 Å². The molecule has 0 amide bonds. The van der Waals surface area contributed by atoms with Crippen LogP contribution in [0.15, 0.2) is 102 Å². The van der Waals surface area contributed by atoms with E-state index in [2.05, 4.69) is 118 Å². The number of allylic oxidation sites excluding steroid dienone is 2. The number of benzene rings is 3. The Morgan fingerprint density at radius 2 is 1.49 bits per heavy atom. The number of hydrazine groups is 1. The first-order chi connectivity index (χ1) is 19.3. The summed E-state index contributed by atoms with van der Waals surface area (Å²) < 4.78 is 0. The highest BCUT2D eigenvalue weighted by atomic mass is 15.6. The number of nitrogens with zero attached hydrogens (tertiary/aromatic N) is 4. The molecule has 3 aromatic rings. The highest BCUT2D eigenvalue weighted by Crippen LogP contribution is 2.44. The van der Waals surface area contributed by atoms with Gasteiger partial charge in [0.25, 0.3) is 0 Å². The van der Waals surface area contributed by atoms with Gasteiger partial charge in [-0.15, -0.1) is 0 Å². The Morgan fingerprint density at radius 1 is 0.744 bits per heavy atom. The summed E-state index contributed by atoms with van der Waals surface area (Å²) in [6, 6.07) is 28.7. The third kappa shape index (κ3) is 4.42. The number of rotatable bonds is 5. The van der Waals surface area contributed by atoms with Gasteiger partial charge in [0.15, 0.2) is 0 Å². The van der Waals surface area contributed by atoms with Crippen LogP contribution in [0.1, 0.15) is 56.6 Å². The lowest BCUT2D eigenvalue weighted by Gasteiger charge is -2.41. The molecule has 0 spiro atoms. The fourth-order valence-electron chi connectivity index (χ4n) is 6.50. The van der Waals surface area contributed by atoms with Gasteiger partial charge in [0.1, 0.15) is 0 Å². The molecule has 3 aromatic carbocycles. The van der Waals surface area contributed by atoms with Crippen molar-refractivity contribution < 1.29 is 0 Å². The SMILES string of the molecule is CCN1C(=C2CCC2)C=C(N2CCCCC2)c2cc(N3CC(c4ccccc4)=CN3c3ccccc3)ccc21. The molecule has 39 heavy (non-hydrogen) atoms. The molecule has 0 aromatic heterocycles. The lowest BCUT2D eigenvalue weighted by atomic mass is 9.87. The minimum Gasteiger partial charge on any atom is -0.371 e. The molecule has 1 saturated heterocycles. The van der Waals surface area contributed by atoms with Crippen LogP contribution in [0.2, 0.25) is 0 Å². The van der Waals surface area contributed by atoms with E-state index >= 15 is 0 Å². The van der Waals surface area contributed by atoms with E-state index in [-0.39, 0.29) is 0 Å². The average molecular weight is 515 g/mol. The Balaban J connectivity index is 1.32. The fraction of sp³-hybridized carbons (Fsp3) is 0.314. The first-order valence-electron chi connectivity index (χ1n) is 14.8. The zero-order chi connectivity index (χ0) is 26.2. The summed E-state index contributed by atoms with van der Waals surface area (Å²) in [5.41, 5.74) is 12.3. The Labute approximate surface area is 233 Å². The van der Waals surface area contributed by atoms with Crippen LogP contribution in [-0.2, 0) is 0 Å². The van der Waals surface area contributed by atoms with E-state index in [1.165, 1.54) is 83.7 Å². The summed E-state index contributed by atoms with van der Waals surface area (Å²) >= 11 is 0. The summed E-state index contributed by atoms with van der Waals surface area (Å²) in [4.78, 5) is 5.22. The molecule has 0 radical (unpaired) electrons. The maximum atomic E-state index is 2.66. The van der Waals surface area contributed by atoms with E-state index in [4.69, 9.17) is 0 Å². The van der Waals surface area contributed by atoms with Crippen molar-refractivity contribution in [2.24, 2.45) is 0 Å². The highest BCUT2D eigenvalue weighted by Gasteiger charge is 2.31. The summed E-state index contributed by atoms with van der Waals surface area (Å²) in [5.74, 6) is 0. The van der Waals surface area contributed by atoms with E-state index in [1.54, 1.807) is 5.57 Å². The van der Waals surface area contributed by atoms with Gasteiger partial charge >= 0.3 is 0 Å². The summed E-state index contributed by atoms with van der Waals surface area (Å²) in [6.45, 7) is 6.44. The molecular formula is C35H38N4. The largest absolute Gasteiger partial charge is 0.371 e. The van der Waals surface area contributed by atoms with Crippen molar-refractivity contribution >= 4 is 28.3 Å². The summed E-state index contributed by atoms with van der Waals surface area (Å²) in [6.07, 6.45) is 12.6. The van der Waals surface area contributed by atoms with Gasteiger partial charge in [-0.05, 0) is 98.6 Å². The van der Waals surface area contributed by atoms with E-state index in [0.29, 0.717) is 0 Å². The average Bonchev–Trinajstić information content (AvgIpc) is 3.43. The van der Waals surface area contributed by atoms with Crippen LogP contribution >= 0.6 is 0 Å². The maximum absolute atomic E-state index is 2.66. The van der Waals surface area contributed by atoms with Gasteiger partial charge in [-0.3, -0.25) is 10.0 Å². The predicted octanol–water partition coefficient (Wildman–Crippen LogP) is 8.07. The van der Waals surface area contributed by atoms with E-state index < -0.39 is 0 Å². The Hall–Kier alpha value is -3.92. The van der Waals surface area contributed by atoms with Crippen molar-refractivity contribution in [2.45, 2.75) is 45.4 Å². The molecule has 2 fully saturated rings. The highest BCUT2D eigenvalue weighted by molar-refractivity contribution is 5.88. The molecule has 4 heteroatoms. The quantitative estimate of drug-likeness (QED) is 0.341. The number of anilines is 3. The molecule has 0 bridgehead atoms. The van der Waals surface area contributed by atoms with Crippen molar-refractivity contribution in [3.63, 3.8) is 0 Å². The third-order valence-corrected chi connectivity index (χ3v) is 8.77. The zero-order valence-corrected chi connectivity index (χ0v) is 23.0. The number of likely N-dealkylation sites (tertiary alicyclic amines) is 1. The summed E-state index contributed by atoms with van der Waals surface area (Å²) in [7, 11) is 0. The zero-order valence-electron chi connectivity index (χ0n) is 23.0. The minimum atomic E-state index is 0.841. The molecule has 198 valence electrons. The number of para-hydroxylation sites is 1. The topological polar surface area (TPSA) is 13.0 Å². The van der Waals surface area contributed by atoms with E-state index in [9.17, 15) is 0 Å². The Morgan fingerprint density at radius 3 is 2.18 bits per heavy atom. The van der Waals surface area contributed by atoms with Crippen molar-refractivity contribution in [2.75, 3.05) is 41.1 Å². The molecule has 1 saturated carbocycles. The first kappa shape index (κ1) is 24.1. The van der Waals surface area contributed by atoms with Crippen LogP contribution in [0.25, 0.3) is 11.3 Å². The van der Waals surface area contributed by atoms with Crippen molar-refractivity contribution in [1.82, 2.24) is 4.90 Å². The third-order valence-electron chi connectivity index (χ3n) is 8.77. The van der Waals surface area contributed by atoms with E-state index in [0.717, 1.165) is 26.2 Å². The fourth-order valence-corrected chi connectivity index (χ4v) is 6.50. The molecule has 3 aliphatic heterocycles. The first-order valence-corrected chi connectivity index (χ1v) is 14.8. The van der Waals surface area contributed by atoms with Crippen LogP contribution in [0.3, 0.4) is 0 Å². The molecule has 3 heterocycles. The van der Waals surface area contributed by atoms with Crippen LogP contribution in [0, 0.1) is 0 Å². The maximum Gasteiger partial charge on any atom is 0.0671 e. The van der Waals surface area contributed by atoms with Gasteiger partial charge in [0.2, 0.25) is 0 Å². The van der Waals surface area contributed by atoms with Crippen LogP contribution in [-0.4, -0.2) is 31.1 Å². The second kappa shape index (κ2) is 10.3. The Kier molecular flexibility index (Phi) is 6.40. The predicted molar refractivity (Wildman–Crippen MR) is 164 cm³/mol. The smallest absolute Gasteiger partial charge is 0.0671 e. The monoisotopic (exact) mass is 514 g/mol. The van der Waals surface area contributed by atoms with Crippen LogP contribution in [0.5, 0.6) is 0 Å². The number of fused-ring (bicyclic) bond motifs is 1. The standard InChI is InChI=1S/C35H38N4/c1-2-37-33-20-19-31(23-32(33)35(36-21-10-5-11-22-36)24-34(37)28-15-12-16-28)39-26-29(27-13-6-3-7-14-27)25-38(39)30-17-8-4-9-18-30/h3-4,6-9,13-14,17-20,23-25H,2,5,10-12,15-16,21-22,26H2,1H3. The molecule has 0 unspecified atom stereocenters. The van der Waals surface area contributed by atoms with Crippen LogP contribution < -0.4 is 14.9 Å². The molecule has 7 rings (SSSR count). The van der Waals surface area contributed by atoms with Crippen molar-refractivity contribution in [1.29, 1.82) is 0 Å². The number of hydrogen-bond acceptors (Lipinski definition) is 4. The van der Waals surface area contributed by atoms with Gasteiger partial charge in [-0.25, -0.2) is 0 Å². The second-order valence-electron chi connectivity index (χ2n) is 11.1. The summed E-state index contributed by atoms with van der Waals surface area (Å²) in [5, 5.41) is 4.76. The number of likely N-dealkylation sites (N-methyl/N-ethyl adjacent to an activating group) is 1. The Bertz CT molecular complexity index is 1420. The minimum absolute atomic E-state index is 0.841. The molecule has 0 atom stereocenters. The van der Waals surface area contributed by atoms with Crippen molar-refractivity contribution in [3.05, 3.63) is 114 Å². The molecular weight excluding hydrogens is 476 g/mol. The van der Waals surface area contributed by atoms with Gasteiger partial charge in [-0.1, -0.05) is 48.5 Å². The van der Waals surface area contributed by atoms with E-state index in [1.807, 2.05) is 0 Å². The van der Waals surface area contributed by atoms with Gasteiger partial charge in [0, 0.05) is 42.8 Å². The van der Waals surface area contributed by atoms with Gasteiger partial charge in [0.05, 0.1) is 23.6 Å². The molecule has 1 aliphatic carbocycles. The van der Waals surface area contributed by atoms with Crippen molar-refractivity contribution in [3.8, 4) is 0 Å². The number of hydrogen-bond donors (Lipinski definition) is 0. The molecule has 4 aliphatic rings. The van der Waals surface area contributed by atoms with Gasteiger partial charge in [-0.2, -0.15) is 0 Å². The van der Waals surface area contributed by atoms with Crippen LogP contribution in [0.4, 0.5) is 17.1 Å². The molecule has 0 N–H and O–H groups in total.